The van der Waals surface area contributed by atoms with Gasteiger partial charge in [-0.05, 0) is 55.1 Å². The molecule has 0 saturated carbocycles. The quantitative estimate of drug-likeness (QED) is 0.164. The molecule has 0 radical (unpaired) electrons. The molecular weight excluding hydrogens is 645 g/mol. The fourth-order valence-corrected chi connectivity index (χ4v) is 6.41. The average Bonchev–Trinajstić information content (AvgIpc) is 3.13. The van der Waals surface area contributed by atoms with Crippen molar-refractivity contribution in [3.63, 3.8) is 0 Å². The maximum absolute atomic E-state index is 14.1. The number of carbonyl (C=O) groups excluding carboxylic acids is 1. The van der Waals surface area contributed by atoms with Crippen LogP contribution in [0.4, 0.5) is 0 Å². The number of fused-ring (bicyclic) bond motifs is 1. The third-order valence-electron chi connectivity index (χ3n) is 6.33. The number of alkyl halides is 1. The molecule has 1 aliphatic rings. The highest BCUT2D eigenvalue weighted by Gasteiger charge is 2.54. The van der Waals surface area contributed by atoms with Crippen LogP contribution in [0.5, 0.6) is 5.75 Å². The lowest BCUT2D eigenvalue weighted by atomic mass is 10.0. The summed E-state index contributed by atoms with van der Waals surface area (Å²) in [5, 5.41) is 15.1. The van der Waals surface area contributed by atoms with E-state index in [4.69, 9.17) is 30.1 Å². The van der Waals surface area contributed by atoms with E-state index in [9.17, 15) is 24.1 Å². The Bertz CT molecular complexity index is 1590. The van der Waals surface area contributed by atoms with Gasteiger partial charge in [-0.25, -0.2) is 9.36 Å². The molecule has 222 valence electrons. The van der Waals surface area contributed by atoms with Gasteiger partial charge in [0, 0.05) is 11.6 Å². The Morgan fingerprint density at radius 2 is 1.93 bits per heavy atom. The van der Waals surface area contributed by atoms with Gasteiger partial charge >= 0.3 is 19.4 Å². The van der Waals surface area contributed by atoms with Crippen LogP contribution in [0.2, 0.25) is 0 Å². The molecule has 1 saturated heterocycles. The zero-order valence-corrected chi connectivity index (χ0v) is 25.8. The summed E-state index contributed by atoms with van der Waals surface area (Å²) in [7, 11) is -4.34. The van der Waals surface area contributed by atoms with Gasteiger partial charge in [0.2, 0.25) is 0 Å². The molecule has 2 aromatic carbocycles. The van der Waals surface area contributed by atoms with Gasteiger partial charge in [-0.2, -0.15) is 5.09 Å². The van der Waals surface area contributed by atoms with E-state index in [1.54, 1.807) is 38.1 Å². The lowest BCUT2D eigenvalue weighted by Crippen LogP contribution is -2.43. The van der Waals surface area contributed by atoms with Crippen LogP contribution < -0.4 is 20.9 Å². The Balaban J connectivity index is 1.61. The number of halogens is 2. The number of esters is 1. The van der Waals surface area contributed by atoms with Crippen LogP contribution >= 0.6 is 35.3 Å². The second-order valence-corrected chi connectivity index (χ2v) is 13.3. The number of carbonyl (C=O) groups is 1. The summed E-state index contributed by atoms with van der Waals surface area (Å²) in [6, 6.07) is 11.3. The molecule has 3 aromatic rings. The predicted molar refractivity (Wildman–Crippen MR) is 155 cm³/mol. The molecular formula is C26H30BrClN3O9P. The number of nitrogens with one attached hydrogen (secondary N) is 2. The highest BCUT2D eigenvalue weighted by molar-refractivity contribution is 9.10. The minimum absolute atomic E-state index is 0.0433. The molecule has 1 aliphatic heterocycles. The molecule has 6 atom stereocenters. The molecule has 0 spiro atoms. The lowest BCUT2D eigenvalue weighted by Gasteiger charge is -2.27. The molecule has 0 amide bonds. The smallest absolute Gasteiger partial charge is 0.459 e. The van der Waals surface area contributed by atoms with Crippen molar-refractivity contribution in [2.24, 2.45) is 0 Å². The molecule has 0 aliphatic carbocycles. The van der Waals surface area contributed by atoms with E-state index in [2.05, 4.69) is 26.0 Å². The summed E-state index contributed by atoms with van der Waals surface area (Å²) in [5.41, 5.74) is -1.46. The summed E-state index contributed by atoms with van der Waals surface area (Å²) in [4.78, 5) is 37.4. The van der Waals surface area contributed by atoms with Crippen molar-refractivity contribution in [3.8, 4) is 5.75 Å². The fraction of sp³-hybridized carbons (Fsp3) is 0.423. The molecule has 41 heavy (non-hydrogen) atoms. The monoisotopic (exact) mass is 673 g/mol. The van der Waals surface area contributed by atoms with Gasteiger partial charge in [-0.15, -0.1) is 11.6 Å². The van der Waals surface area contributed by atoms with Gasteiger partial charge in [-0.3, -0.25) is 23.7 Å². The third-order valence-corrected chi connectivity index (χ3v) is 8.93. The van der Waals surface area contributed by atoms with Crippen LogP contribution in [0.1, 0.15) is 33.9 Å². The van der Waals surface area contributed by atoms with Crippen LogP contribution in [0, 0.1) is 0 Å². The van der Waals surface area contributed by atoms with Crippen molar-refractivity contribution in [2.75, 3.05) is 6.61 Å². The van der Waals surface area contributed by atoms with Crippen LogP contribution in [0.15, 0.2) is 62.7 Å². The van der Waals surface area contributed by atoms with E-state index in [0.717, 1.165) is 9.95 Å². The summed E-state index contributed by atoms with van der Waals surface area (Å²) in [6.45, 7) is 5.74. The Kier molecular flexibility index (Phi) is 9.49. The number of rotatable bonds is 10. The number of ether oxygens (including phenoxy) is 2. The van der Waals surface area contributed by atoms with Crippen molar-refractivity contribution in [3.05, 3.63) is 74.0 Å². The first kappa shape index (κ1) is 31.4. The van der Waals surface area contributed by atoms with Crippen LogP contribution in [-0.4, -0.2) is 56.5 Å². The minimum Gasteiger partial charge on any atom is -0.462 e. The van der Waals surface area contributed by atoms with E-state index in [-0.39, 0.29) is 10.2 Å². The Labute approximate surface area is 248 Å². The first-order valence-corrected chi connectivity index (χ1v) is 15.4. The van der Waals surface area contributed by atoms with Crippen LogP contribution in [0.25, 0.3) is 10.8 Å². The minimum atomic E-state index is -4.34. The van der Waals surface area contributed by atoms with Crippen molar-refractivity contribution in [1.82, 2.24) is 14.6 Å². The Morgan fingerprint density at radius 1 is 1.24 bits per heavy atom. The number of hydrogen-bond acceptors (Lipinski definition) is 9. The summed E-state index contributed by atoms with van der Waals surface area (Å²) < 4.78 is 37.9. The van der Waals surface area contributed by atoms with Gasteiger partial charge < -0.3 is 19.1 Å². The van der Waals surface area contributed by atoms with E-state index in [1.807, 2.05) is 18.2 Å². The average molecular weight is 675 g/mol. The normalized spacial score (nSPS) is 24.7. The molecule has 15 heteroatoms. The van der Waals surface area contributed by atoms with Gasteiger partial charge in [0.1, 0.15) is 28.9 Å². The molecule has 2 heterocycles. The van der Waals surface area contributed by atoms with Gasteiger partial charge in [0.15, 0.2) is 6.23 Å². The van der Waals surface area contributed by atoms with E-state index < -0.39 is 67.0 Å². The summed E-state index contributed by atoms with van der Waals surface area (Å²) >= 11 is 9.68. The van der Waals surface area contributed by atoms with Crippen LogP contribution in [0.3, 0.4) is 0 Å². The van der Waals surface area contributed by atoms with Gasteiger partial charge in [-0.1, -0.05) is 36.4 Å². The van der Waals surface area contributed by atoms with Gasteiger partial charge in [0.05, 0.1) is 17.2 Å². The number of H-pyrrole nitrogens is 1. The Morgan fingerprint density at radius 3 is 2.63 bits per heavy atom. The number of hydrogen-bond donors (Lipinski definition) is 3. The van der Waals surface area contributed by atoms with E-state index >= 15 is 0 Å². The van der Waals surface area contributed by atoms with Crippen molar-refractivity contribution in [1.29, 1.82) is 0 Å². The van der Waals surface area contributed by atoms with Crippen LogP contribution in [-0.2, 0) is 23.4 Å². The maximum atomic E-state index is 14.1. The zero-order valence-electron chi connectivity index (χ0n) is 22.6. The second-order valence-electron chi connectivity index (χ2n) is 9.96. The first-order valence-electron chi connectivity index (χ1n) is 12.7. The summed E-state index contributed by atoms with van der Waals surface area (Å²) in [5.74, 6) is -0.458. The molecule has 12 nitrogen and oxygen atoms in total. The predicted octanol–water partition coefficient (Wildman–Crippen LogP) is 3.84. The largest absolute Gasteiger partial charge is 0.462 e. The number of aromatic amines is 1. The maximum Gasteiger partial charge on any atom is 0.459 e. The SMILES string of the molecule is CC(C)OC(=O)[C@@H](C)N[P@](=O)(OC[C@H]1O[C@@H](n2cc(Br)c(=O)[nH]c2=O)[C@](C)(Cl)[C@@H]1O)Oc1cccc2ccccc12. The zero-order chi connectivity index (χ0) is 30.1. The molecule has 0 bridgehead atoms. The molecule has 0 unspecified atom stereocenters. The molecule has 1 fully saturated rings. The molecule has 1 aromatic heterocycles. The van der Waals surface area contributed by atoms with Crippen molar-refractivity contribution < 1.29 is 33.0 Å². The number of aliphatic hydroxyl groups is 1. The highest BCUT2D eigenvalue weighted by atomic mass is 79.9. The molecule has 4 rings (SSSR count). The third kappa shape index (κ3) is 6.94. The van der Waals surface area contributed by atoms with E-state index in [0.29, 0.717) is 5.39 Å². The van der Waals surface area contributed by atoms with Crippen molar-refractivity contribution >= 4 is 52.0 Å². The topological polar surface area (TPSA) is 158 Å². The van der Waals surface area contributed by atoms with E-state index in [1.165, 1.54) is 20.0 Å². The summed E-state index contributed by atoms with van der Waals surface area (Å²) in [6.07, 6.45) is -3.06. The number of nitrogens with zero attached hydrogens (tertiary/aromatic N) is 1. The lowest BCUT2D eigenvalue weighted by molar-refractivity contribution is -0.149. The number of aliphatic hydroxyl groups excluding tert-OH is 1. The van der Waals surface area contributed by atoms with Crippen molar-refractivity contribution in [2.45, 2.75) is 63.2 Å². The Hall–Kier alpha value is -2.51. The first-order chi connectivity index (χ1) is 19.2. The van der Waals surface area contributed by atoms with Gasteiger partial charge in [0.25, 0.3) is 5.56 Å². The second kappa shape index (κ2) is 12.4. The fourth-order valence-electron chi connectivity index (χ4n) is 4.28. The standard InChI is InChI=1S/C26H30BrClN3O9P/c1-14(2)38-23(34)15(3)30-41(36,40-19-11-7-9-16-8-5-6-10-17(16)19)37-13-20-21(32)26(4,28)24(39-20)31-12-18(27)22(33)29-25(31)35/h5-12,14-15,20-21,24,32H,13H2,1-4H3,(H,30,36)(H,29,33,35)/t15-,20-,21-,24-,26-,41+/m1/s1. The number of aromatic nitrogens is 2. The highest BCUT2D eigenvalue weighted by Crippen LogP contribution is 2.49. The molecule has 3 N–H and O–H groups in total. The number of benzene rings is 2.